The van der Waals surface area contributed by atoms with Crippen molar-refractivity contribution in [1.29, 1.82) is 0 Å². The Kier molecular flexibility index (Phi) is 5.60. The van der Waals surface area contributed by atoms with E-state index >= 15 is 0 Å². The highest BCUT2D eigenvalue weighted by atomic mass is 16.7. The van der Waals surface area contributed by atoms with Crippen LogP contribution in [-0.2, 0) is 4.79 Å². The molecule has 0 radical (unpaired) electrons. The first-order valence-corrected chi connectivity index (χ1v) is 5.94. The van der Waals surface area contributed by atoms with Crippen molar-refractivity contribution in [2.45, 2.75) is 18.9 Å². The molecule has 1 aromatic rings. The first-order valence-electron chi connectivity index (χ1n) is 5.94. The zero-order chi connectivity index (χ0) is 15.1. The molecule has 0 aliphatic heterocycles. The van der Waals surface area contributed by atoms with Gasteiger partial charge in [-0.3, -0.25) is 4.79 Å². The number of aliphatic carboxylic acids is 1. The Morgan fingerprint density at radius 2 is 1.95 bits per heavy atom. The van der Waals surface area contributed by atoms with Crippen LogP contribution in [-0.4, -0.2) is 39.6 Å². The number of nitrogens with zero attached hydrogens (tertiary/aromatic N) is 2. The number of amides is 1. The highest BCUT2D eigenvalue weighted by Gasteiger charge is 2.38. The number of carboxylic acid groups (broad SMARTS) is 1. The van der Waals surface area contributed by atoms with E-state index in [2.05, 4.69) is 0 Å². The molecular formula is C12H15N3O5. The lowest BCUT2D eigenvalue weighted by molar-refractivity contribution is -0.638. The van der Waals surface area contributed by atoms with Crippen molar-refractivity contribution in [3.8, 4) is 0 Å². The van der Waals surface area contributed by atoms with E-state index in [9.17, 15) is 19.7 Å². The molecule has 20 heavy (non-hydrogen) atoms. The summed E-state index contributed by atoms with van der Waals surface area (Å²) in [6.07, 6.45) is 0.189. The van der Waals surface area contributed by atoms with Crippen LogP contribution in [0.15, 0.2) is 30.3 Å². The van der Waals surface area contributed by atoms with Crippen LogP contribution in [0.4, 0.5) is 0 Å². The van der Waals surface area contributed by atoms with Gasteiger partial charge in [-0.25, -0.2) is 14.9 Å². The molecule has 8 nitrogen and oxygen atoms in total. The predicted octanol–water partition coefficient (Wildman–Crippen LogP) is 0.513. The fourth-order valence-electron chi connectivity index (χ4n) is 1.70. The quantitative estimate of drug-likeness (QED) is 0.554. The fourth-order valence-corrected chi connectivity index (χ4v) is 1.70. The SMILES string of the molecule is NCCC[C@@H](C(=O)O)N(C(=O)c1ccccc1)[N+](=O)[O-]. The van der Waals surface area contributed by atoms with Gasteiger partial charge in [0.25, 0.3) is 0 Å². The molecule has 0 unspecified atom stereocenters. The lowest BCUT2D eigenvalue weighted by Crippen LogP contribution is -2.48. The summed E-state index contributed by atoms with van der Waals surface area (Å²) >= 11 is 0. The third-order valence-electron chi connectivity index (χ3n) is 2.67. The van der Waals surface area contributed by atoms with Gasteiger partial charge in [-0.05, 0) is 36.5 Å². The fraction of sp³-hybridized carbons (Fsp3) is 0.333. The summed E-state index contributed by atoms with van der Waals surface area (Å²) in [5.41, 5.74) is 5.33. The second-order valence-corrected chi connectivity index (χ2v) is 4.04. The number of nitrogens with two attached hydrogens (primary N) is 1. The van der Waals surface area contributed by atoms with Gasteiger partial charge in [-0.15, -0.1) is 0 Å². The van der Waals surface area contributed by atoms with E-state index in [-0.39, 0.29) is 30.0 Å². The summed E-state index contributed by atoms with van der Waals surface area (Å²) in [5, 5.41) is 19.3. The molecule has 108 valence electrons. The summed E-state index contributed by atoms with van der Waals surface area (Å²) in [7, 11) is 0. The van der Waals surface area contributed by atoms with Gasteiger partial charge < -0.3 is 10.8 Å². The molecule has 0 fully saturated rings. The van der Waals surface area contributed by atoms with E-state index in [4.69, 9.17) is 10.8 Å². The van der Waals surface area contributed by atoms with Crippen molar-refractivity contribution in [2.75, 3.05) is 6.54 Å². The Labute approximate surface area is 114 Å². The van der Waals surface area contributed by atoms with Crippen molar-refractivity contribution in [3.63, 3.8) is 0 Å². The number of hydrazine groups is 1. The molecule has 0 bridgehead atoms. The van der Waals surface area contributed by atoms with Crippen LogP contribution in [0, 0.1) is 10.1 Å². The van der Waals surface area contributed by atoms with E-state index in [1.807, 2.05) is 0 Å². The highest BCUT2D eigenvalue weighted by Crippen LogP contribution is 2.13. The Morgan fingerprint density at radius 3 is 2.40 bits per heavy atom. The third kappa shape index (κ3) is 3.75. The summed E-state index contributed by atoms with van der Waals surface area (Å²) in [5.74, 6) is -2.39. The van der Waals surface area contributed by atoms with Crippen LogP contribution in [0.25, 0.3) is 0 Å². The van der Waals surface area contributed by atoms with E-state index in [1.54, 1.807) is 18.2 Å². The minimum atomic E-state index is -1.54. The Bertz CT molecular complexity index is 491. The van der Waals surface area contributed by atoms with Gasteiger partial charge in [-0.1, -0.05) is 18.2 Å². The van der Waals surface area contributed by atoms with Crippen molar-refractivity contribution in [1.82, 2.24) is 5.01 Å². The Hall–Kier alpha value is -2.48. The van der Waals surface area contributed by atoms with E-state index in [0.717, 1.165) is 0 Å². The topological polar surface area (TPSA) is 127 Å². The minimum Gasteiger partial charge on any atom is -0.480 e. The zero-order valence-corrected chi connectivity index (χ0v) is 10.6. The molecule has 0 saturated heterocycles. The van der Waals surface area contributed by atoms with Crippen molar-refractivity contribution >= 4 is 11.9 Å². The molecule has 0 aromatic heterocycles. The lowest BCUT2D eigenvalue weighted by Gasteiger charge is -2.19. The molecule has 0 spiro atoms. The lowest BCUT2D eigenvalue weighted by atomic mass is 10.1. The molecule has 1 aromatic carbocycles. The number of hydrogen-bond donors (Lipinski definition) is 2. The smallest absolute Gasteiger partial charge is 0.333 e. The molecular weight excluding hydrogens is 266 g/mol. The largest absolute Gasteiger partial charge is 0.480 e. The number of carboxylic acids is 1. The number of nitro groups is 1. The number of rotatable bonds is 7. The van der Waals surface area contributed by atoms with Crippen LogP contribution >= 0.6 is 0 Å². The van der Waals surface area contributed by atoms with E-state index in [0.29, 0.717) is 0 Å². The van der Waals surface area contributed by atoms with E-state index in [1.165, 1.54) is 12.1 Å². The average molecular weight is 281 g/mol. The standard InChI is InChI=1S/C12H15N3O5/c13-8-4-7-10(12(17)18)14(15(19)20)11(16)9-5-2-1-3-6-9/h1-3,5-6,10H,4,7-8,13H2,(H,17,18)/t10-/m0/s1. The van der Waals surface area contributed by atoms with Gasteiger partial charge in [0.1, 0.15) is 0 Å². The highest BCUT2D eigenvalue weighted by molar-refractivity contribution is 5.95. The summed E-state index contributed by atoms with van der Waals surface area (Å²) in [6, 6.07) is 5.97. The zero-order valence-electron chi connectivity index (χ0n) is 10.6. The maximum atomic E-state index is 12.1. The van der Waals surface area contributed by atoms with Gasteiger partial charge in [0, 0.05) is 5.56 Å². The van der Waals surface area contributed by atoms with Crippen LogP contribution < -0.4 is 5.73 Å². The Morgan fingerprint density at radius 1 is 1.35 bits per heavy atom. The summed E-state index contributed by atoms with van der Waals surface area (Å²) in [4.78, 5) is 34.3. The van der Waals surface area contributed by atoms with Crippen molar-refractivity contribution in [3.05, 3.63) is 46.0 Å². The first kappa shape index (κ1) is 15.6. The molecule has 0 heterocycles. The molecule has 3 N–H and O–H groups in total. The molecule has 1 rings (SSSR count). The summed E-state index contributed by atoms with van der Waals surface area (Å²) in [6.45, 7) is 0.189. The predicted molar refractivity (Wildman–Crippen MR) is 69.3 cm³/mol. The maximum absolute atomic E-state index is 12.1. The van der Waals surface area contributed by atoms with Gasteiger partial charge in [0.15, 0.2) is 11.1 Å². The van der Waals surface area contributed by atoms with Crippen molar-refractivity contribution in [2.24, 2.45) is 5.73 Å². The van der Waals surface area contributed by atoms with Gasteiger partial charge >= 0.3 is 11.9 Å². The normalized spacial score (nSPS) is 11.7. The molecule has 1 atom stereocenters. The monoisotopic (exact) mass is 281 g/mol. The van der Waals surface area contributed by atoms with Crippen molar-refractivity contribution < 1.29 is 19.7 Å². The number of carbonyl (C=O) groups is 2. The maximum Gasteiger partial charge on any atom is 0.333 e. The average Bonchev–Trinajstić information content (AvgIpc) is 2.43. The van der Waals surface area contributed by atoms with Gasteiger partial charge in [0.05, 0.1) is 0 Å². The number of benzene rings is 1. The molecule has 1 amide bonds. The molecule has 0 aliphatic carbocycles. The number of hydrogen-bond acceptors (Lipinski definition) is 5. The number of carbonyl (C=O) groups excluding carboxylic acids is 1. The van der Waals surface area contributed by atoms with Crippen LogP contribution in [0.5, 0.6) is 0 Å². The molecule has 0 saturated carbocycles. The molecule has 0 aliphatic rings. The second-order valence-electron chi connectivity index (χ2n) is 4.04. The molecule has 8 heteroatoms. The second kappa shape index (κ2) is 7.19. The third-order valence-corrected chi connectivity index (χ3v) is 2.67. The van der Waals surface area contributed by atoms with Crippen LogP contribution in [0.1, 0.15) is 23.2 Å². The van der Waals surface area contributed by atoms with Gasteiger partial charge in [0.2, 0.25) is 0 Å². The van der Waals surface area contributed by atoms with E-state index < -0.39 is 23.0 Å². The summed E-state index contributed by atoms with van der Waals surface area (Å²) < 4.78 is 0. The Balaban J connectivity index is 3.05. The first-order chi connectivity index (χ1) is 9.49. The van der Waals surface area contributed by atoms with Crippen LogP contribution in [0.3, 0.4) is 0 Å². The minimum absolute atomic E-state index is 0.0585. The van der Waals surface area contributed by atoms with Gasteiger partial charge in [-0.2, -0.15) is 0 Å². The van der Waals surface area contributed by atoms with Crippen LogP contribution in [0.2, 0.25) is 0 Å².